The van der Waals surface area contributed by atoms with E-state index in [1.54, 1.807) is 6.92 Å². The number of carboxylic acid groups (broad SMARTS) is 1. The van der Waals surface area contributed by atoms with E-state index in [4.69, 9.17) is 26.2 Å². The molecule has 120 valence electrons. The molecule has 7 nitrogen and oxygen atoms in total. The molecule has 1 saturated heterocycles. The molecule has 1 aromatic carbocycles. The van der Waals surface area contributed by atoms with Crippen LogP contribution in [0.2, 0.25) is 5.02 Å². The zero-order valence-corrected chi connectivity index (χ0v) is 12.8. The van der Waals surface area contributed by atoms with Gasteiger partial charge in [0.2, 0.25) is 0 Å². The maximum atomic E-state index is 11.2. The summed E-state index contributed by atoms with van der Waals surface area (Å²) < 4.78 is 10.8. The molecule has 1 N–H and O–H groups in total. The number of hydrogen-bond donors (Lipinski definition) is 1. The van der Waals surface area contributed by atoms with Crippen molar-refractivity contribution in [3.63, 3.8) is 0 Å². The van der Waals surface area contributed by atoms with Crippen molar-refractivity contribution in [2.75, 3.05) is 19.8 Å². The molecule has 0 bridgehead atoms. The van der Waals surface area contributed by atoms with Gasteiger partial charge in [0.1, 0.15) is 0 Å². The van der Waals surface area contributed by atoms with E-state index in [9.17, 15) is 14.9 Å². The summed E-state index contributed by atoms with van der Waals surface area (Å²) in [6.45, 7) is 3.10. The smallest absolute Gasteiger partial charge is 0.337 e. The Balaban J connectivity index is 2.30. The van der Waals surface area contributed by atoms with Crippen molar-refractivity contribution in [2.45, 2.75) is 25.9 Å². The minimum absolute atomic E-state index is 0.0360. The van der Waals surface area contributed by atoms with Crippen LogP contribution < -0.4 is 0 Å². The zero-order chi connectivity index (χ0) is 16.3. The fraction of sp³-hybridized carbons (Fsp3) is 0.500. The van der Waals surface area contributed by atoms with Crippen molar-refractivity contribution < 1.29 is 24.3 Å². The normalized spacial score (nSPS) is 18.2. The Kier molecular flexibility index (Phi) is 5.33. The number of nitrogens with zero attached hydrogens (tertiary/aromatic N) is 1. The average Bonchev–Trinajstić information content (AvgIpc) is 2.49. The summed E-state index contributed by atoms with van der Waals surface area (Å²) in [5.74, 6) is -1.29. The first kappa shape index (κ1) is 16.7. The van der Waals surface area contributed by atoms with E-state index in [1.807, 2.05) is 0 Å². The van der Waals surface area contributed by atoms with E-state index in [0.717, 1.165) is 6.07 Å². The second-order valence-corrected chi connectivity index (χ2v) is 5.41. The summed E-state index contributed by atoms with van der Waals surface area (Å²) in [5, 5.41) is 20.3. The van der Waals surface area contributed by atoms with Crippen molar-refractivity contribution in [2.24, 2.45) is 0 Å². The Morgan fingerprint density at radius 2 is 2.27 bits per heavy atom. The Morgan fingerprint density at radius 3 is 2.82 bits per heavy atom. The molecule has 0 aliphatic carbocycles. The molecular formula is C14H16ClNO6. The van der Waals surface area contributed by atoms with Crippen LogP contribution in [-0.2, 0) is 15.9 Å². The van der Waals surface area contributed by atoms with Gasteiger partial charge in [-0.3, -0.25) is 10.1 Å². The summed E-state index contributed by atoms with van der Waals surface area (Å²) in [4.78, 5) is 21.8. The van der Waals surface area contributed by atoms with E-state index >= 15 is 0 Å². The Labute approximate surface area is 131 Å². The predicted molar refractivity (Wildman–Crippen MR) is 78.7 cm³/mol. The minimum Gasteiger partial charge on any atom is -0.478 e. The number of nitro benzene ring substituents is 1. The van der Waals surface area contributed by atoms with Gasteiger partial charge in [0.15, 0.2) is 0 Å². The van der Waals surface area contributed by atoms with Gasteiger partial charge in [0.05, 0.1) is 41.4 Å². The van der Waals surface area contributed by atoms with Crippen molar-refractivity contribution in [1.29, 1.82) is 0 Å². The van der Waals surface area contributed by atoms with Crippen molar-refractivity contribution in [1.82, 2.24) is 0 Å². The van der Waals surface area contributed by atoms with E-state index < -0.39 is 10.9 Å². The summed E-state index contributed by atoms with van der Waals surface area (Å²) in [6.07, 6.45) is 0.797. The fourth-order valence-electron chi connectivity index (χ4n) is 2.46. The molecule has 22 heavy (non-hydrogen) atoms. The quantitative estimate of drug-likeness (QED) is 0.658. The highest BCUT2D eigenvalue weighted by Crippen LogP contribution is 2.33. The van der Waals surface area contributed by atoms with Crippen LogP contribution in [0.15, 0.2) is 6.07 Å². The maximum absolute atomic E-state index is 11.2. The third kappa shape index (κ3) is 3.55. The molecule has 0 radical (unpaired) electrons. The third-order valence-electron chi connectivity index (χ3n) is 3.64. The van der Waals surface area contributed by atoms with Crippen LogP contribution in [0, 0.1) is 17.0 Å². The van der Waals surface area contributed by atoms with Gasteiger partial charge in [-0.15, -0.1) is 0 Å². The van der Waals surface area contributed by atoms with Gasteiger partial charge in [0, 0.05) is 11.6 Å². The SMILES string of the molecule is Cc1c(Cl)c(C(=O)O)cc([N+](=O)[O-])c1CCC1COCCO1. The van der Waals surface area contributed by atoms with Crippen molar-refractivity contribution in [3.8, 4) is 0 Å². The molecule has 0 amide bonds. The first-order valence-electron chi connectivity index (χ1n) is 6.80. The highest BCUT2D eigenvalue weighted by Gasteiger charge is 2.25. The number of carbonyl (C=O) groups is 1. The lowest BCUT2D eigenvalue weighted by molar-refractivity contribution is -0.385. The number of benzene rings is 1. The molecule has 8 heteroatoms. The van der Waals surface area contributed by atoms with Gasteiger partial charge in [-0.05, 0) is 25.3 Å². The van der Waals surface area contributed by atoms with Crippen LogP contribution in [0.4, 0.5) is 5.69 Å². The average molecular weight is 330 g/mol. The molecule has 1 aliphatic rings. The van der Waals surface area contributed by atoms with Crippen LogP contribution in [0.3, 0.4) is 0 Å². The molecule has 2 rings (SSSR count). The van der Waals surface area contributed by atoms with Crippen LogP contribution in [-0.4, -0.2) is 41.9 Å². The van der Waals surface area contributed by atoms with E-state index in [-0.39, 0.29) is 22.4 Å². The number of halogens is 1. The first-order valence-corrected chi connectivity index (χ1v) is 7.18. The van der Waals surface area contributed by atoms with Gasteiger partial charge >= 0.3 is 5.97 Å². The molecule has 1 heterocycles. The molecule has 1 aliphatic heterocycles. The second kappa shape index (κ2) is 7.04. The lowest BCUT2D eigenvalue weighted by Gasteiger charge is -2.23. The fourth-order valence-corrected chi connectivity index (χ4v) is 2.71. The highest BCUT2D eigenvalue weighted by molar-refractivity contribution is 6.34. The maximum Gasteiger partial charge on any atom is 0.337 e. The number of aromatic carboxylic acids is 1. The third-order valence-corrected chi connectivity index (χ3v) is 4.12. The monoisotopic (exact) mass is 329 g/mol. The van der Waals surface area contributed by atoms with E-state index in [0.29, 0.717) is 43.8 Å². The summed E-state index contributed by atoms with van der Waals surface area (Å²) in [7, 11) is 0. The summed E-state index contributed by atoms with van der Waals surface area (Å²) >= 11 is 6.03. The van der Waals surface area contributed by atoms with Crippen LogP contribution in [0.5, 0.6) is 0 Å². The van der Waals surface area contributed by atoms with Crippen LogP contribution in [0.1, 0.15) is 27.9 Å². The largest absolute Gasteiger partial charge is 0.478 e. The second-order valence-electron chi connectivity index (χ2n) is 5.03. The first-order chi connectivity index (χ1) is 10.4. The van der Waals surface area contributed by atoms with Gasteiger partial charge < -0.3 is 14.6 Å². The zero-order valence-electron chi connectivity index (χ0n) is 12.0. The number of rotatable bonds is 5. The van der Waals surface area contributed by atoms with Crippen molar-refractivity contribution in [3.05, 3.63) is 37.9 Å². The van der Waals surface area contributed by atoms with Gasteiger partial charge in [0.25, 0.3) is 5.69 Å². The minimum atomic E-state index is -1.29. The predicted octanol–water partition coefficient (Wildman–Crippen LogP) is 2.60. The van der Waals surface area contributed by atoms with E-state index in [1.165, 1.54) is 0 Å². The van der Waals surface area contributed by atoms with Crippen LogP contribution >= 0.6 is 11.6 Å². The summed E-state index contributed by atoms with van der Waals surface area (Å²) in [6, 6.07) is 1.02. The molecule has 0 spiro atoms. The lowest BCUT2D eigenvalue weighted by Crippen LogP contribution is -2.29. The number of carboxylic acids is 1. The Hall–Kier alpha value is -1.70. The highest BCUT2D eigenvalue weighted by atomic mass is 35.5. The molecule has 0 aromatic heterocycles. The molecule has 1 fully saturated rings. The molecular weight excluding hydrogens is 314 g/mol. The van der Waals surface area contributed by atoms with Gasteiger partial charge in [-0.25, -0.2) is 4.79 Å². The van der Waals surface area contributed by atoms with Gasteiger partial charge in [-0.2, -0.15) is 0 Å². The Bertz CT molecular complexity index is 597. The topological polar surface area (TPSA) is 98.9 Å². The summed E-state index contributed by atoms with van der Waals surface area (Å²) in [5.41, 5.74) is 0.377. The molecule has 0 saturated carbocycles. The van der Waals surface area contributed by atoms with Crippen molar-refractivity contribution >= 4 is 23.3 Å². The molecule has 1 atom stereocenters. The molecule has 1 aromatic rings. The van der Waals surface area contributed by atoms with Gasteiger partial charge in [-0.1, -0.05) is 11.6 Å². The lowest BCUT2D eigenvalue weighted by atomic mass is 9.97. The molecule has 1 unspecified atom stereocenters. The Morgan fingerprint density at radius 1 is 1.55 bits per heavy atom. The van der Waals surface area contributed by atoms with Crippen LogP contribution in [0.25, 0.3) is 0 Å². The standard InChI is InChI=1S/C14H16ClNO6/c1-8-10(3-2-9-7-21-4-5-22-9)12(16(19)20)6-11(13(8)15)14(17)18/h6,9H,2-5,7H2,1H3,(H,17,18). The number of nitro groups is 1. The number of ether oxygens (including phenoxy) is 2. The van der Waals surface area contributed by atoms with E-state index in [2.05, 4.69) is 0 Å². The number of hydrogen-bond acceptors (Lipinski definition) is 5.